The van der Waals surface area contributed by atoms with E-state index in [0.717, 1.165) is 18.4 Å². The van der Waals surface area contributed by atoms with Gasteiger partial charge in [-0.3, -0.25) is 0 Å². The molecule has 0 unspecified atom stereocenters. The Bertz CT molecular complexity index is 762. The van der Waals surface area contributed by atoms with Gasteiger partial charge in [0, 0.05) is 0 Å². The quantitative estimate of drug-likeness (QED) is 0.455. The smallest absolute Gasteiger partial charge is 0.261 e. The fourth-order valence-corrected chi connectivity index (χ4v) is 8.27. The van der Waals surface area contributed by atoms with Crippen LogP contribution in [0.1, 0.15) is 47.5 Å². The number of rotatable bonds is 9. The van der Waals surface area contributed by atoms with Crippen LogP contribution in [0.3, 0.4) is 0 Å². The zero-order chi connectivity index (χ0) is 21.3. The van der Waals surface area contributed by atoms with Crippen LogP contribution in [-0.4, -0.2) is 26.6 Å². The average molecular weight is 409 g/mol. The topological polar surface area (TPSA) is 29.5 Å². The van der Waals surface area contributed by atoms with E-state index in [1.807, 2.05) is 6.92 Å². The molecule has 0 heterocycles. The minimum atomic E-state index is -2.46. The first-order valence-corrected chi connectivity index (χ1v) is 12.4. The molecule has 0 saturated heterocycles. The van der Waals surface area contributed by atoms with E-state index in [4.69, 9.17) is 9.53 Å². The minimum absolute atomic E-state index is 0.00156. The van der Waals surface area contributed by atoms with Crippen molar-refractivity contribution in [3.63, 3.8) is 0 Å². The van der Waals surface area contributed by atoms with Crippen LogP contribution in [0, 0.1) is 0 Å². The number of aliphatic hydroxyl groups excluding tert-OH is 1. The lowest BCUT2D eigenvalue weighted by atomic mass is 10.1. The third-order valence-electron chi connectivity index (χ3n) is 5.43. The zero-order valence-electron chi connectivity index (χ0n) is 18.6. The van der Waals surface area contributed by atoms with Gasteiger partial charge >= 0.3 is 0 Å². The van der Waals surface area contributed by atoms with Crippen LogP contribution >= 0.6 is 0 Å². The number of aliphatic hydroxyl groups is 1. The second-order valence-electron chi connectivity index (χ2n) is 8.77. The molecule has 0 aliphatic rings. The number of allylic oxidation sites excluding steroid dienone is 2. The molecule has 2 rings (SSSR count). The summed E-state index contributed by atoms with van der Waals surface area (Å²) in [4.78, 5) is 0. The first-order chi connectivity index (χ1) is 13.8. The summed E-state index contributed by atoms with van der Waals surface area (Å²) in [5.41, 5.74) is 2.35. The van der Waals surface area contributed by atoms with E-state index in [2.05, 4.69) is 101 Å². The van der Waals surface area contributed by atoms with Crippen molar-refractivity contribution in [3.8, 4) is 0 Å². The van der Waals surface area contributed by atoms with Gasteiger partial charge in [-0.1, -0.05) is 105 Å². The Hall–Kier alpha value is -1.94. The third-order valence-corrected chi connectivity index (χ3v) is 10.4. The molecule has 0 bridgehead atoms. The standard InChI is InChI=1S/C26H36O2Si/c1-22(13-12-14-23(2)21-27)19-20-28-29(26(3,4)5,24-15-8-6-9-16-24)25-17-10-7-11-18-25/h6-11,14-19,27H,12-13,20-21H2,1-5H3. The molecule has 0 amide bonds. The normalized spacial score (nSPS) is 13.6. The van der Waals surface area contributed by atoms with Gasteiger partial charge in [0.25, 0.3) is 8.32 Å². The van der Waals surface area contributed by atoms with Crippen molar-refractivity contribution in [3.05, 3.63) is 84.0 Å². The molecule has 0 fully saturated rings. The van der Waals surface area contributed by atoms with E-state index in [9.17, 15) is 0 Å². The third kappa shape index (κ3) is 6.02. The summed E-state index contributed by atoms with van der Waals surface area (Å²) >= 11 is 0. The number of hydrogen-bond acceptors (Lipinski definition) is 2. The van der Waals surface area contributed by atoms with Gasteiger partial charge < -0.3 is 9.53 Å². The largest absolute Gasteiger partial charge is 0.404 e. The highest BCUT2D eigenvalue weighted by molar-refractivity contribution is 6.99. The monoisotopic (exact) mass is 408 g/mol. The van der Waals surface area contributed by atoms with Crippen LogP contribution in [0.2, 0.25) is 5.04 Å². The number of benzene rings is 2. The molecule has 0 saturated carbocycles. The van der Waals surface area contributed by atoms with E-state index in [1.54, 1.807) is 0 Å². The molecule has 0 aliphatic heterocycles. The Morgan fingerprint density at radius 2 is 1.38 bits per heavy atom. The van der Waals surface area contributed by atoms with Crippen LogP contribution in [0.4, 0.5) is 0 Å². The van der Waals surface area contributed by atoms with Gasteiger partial charge in [0.2, 0.25) is 0 Å². The van der Waals surface area contributed by atoms with Crippen LogP contribution < -0.4 is 10.4 Å². The van der Waals surface area contributed by atoms with Gasteiger partial charge in [-0.2, -0.15) is 0 Å². The van der Waals surface area contributed by atoms with E-state index in [1.165, 1.54) is 15.9 Å². The Morgan fingerprint density at radius 3 is 1.83 bits per heavy atom. The molecule has 0 spiro atoms. The Balaban J connectivity index is 2.31. The highest BCUT2D eigenvalue weighted by Gasteiger charge is 2.49. The van der Waals surface area contributed by atoms with Crippen molar-refractivity contribution < 1.29 is 9.53 Å². The highest BCUT2D eigenvalue weighted by atomic mass is 28.4. The van der Waals surface area contributed by atoms with Gasteiger partial charge in [-0.05, 0) is 42.1 Å². The molecule has 156 valence electrons. The molecular formula is C26H36O2Si. The van der Waals surface area contributed by atoms with Crippen LogP contribution in [0.5, 0.6) is 0 Å². The van der Waals surface area contributed by atoms with Gasteiger partial charge in [0.1, 0.15) is 0 Å². The van der Waals surface area contributed by atoms with E-state index in [-0.39, 0.29) is 11.6 Å². The lowest BCUT2D eigenvalue weighted by Gasteiger charge is -2.42. The molecule has 0 aliphatic carbocycles. The van der Waals surface area contributed by atoms with Gasteiger partial charge in [-0.25, -0.2) is 0 Å². The molecule has 1 N–H and O–H groups in total. The van der Waals surface area contributed by atoms with Crippen molar-refractivity contribution in [1.82, 2.24) is 0 Å². The Labute approximate surface area is 178 Å². The second kappa shape index (κ2) is 10.7. The maximum Gasteiger partial charge on any atom is 0.261 e. The molecule has 3 heteroatoms. The molecule has 2 aromatic carbocycles. The van der Waals surface area contributed by atoms with Gasteiger partial charge in [-0.15, -0.1) is 0 Å². The van der Waals surface area contributed by atoms with E-state index >= 15 is 0 Å². The van der Waals surface area contributed by atoms with Crippen molar-refractivity contribution >= 4 is 18.7 Å². The molecule has 0 aromatic heterocycles. The molecule has 2 nitrogen and oxygen atoms in total. The molecule has 29 heavy (non-hydrogen) atoms. The SMILES string of the molecule is CC(=CCCC(C)=CCO[Si](c1ccccc1)(c1ccccc1)C(C)(C)C)CO. The fraction of sp³-hybridized carbons (Fsp3) is 0.385. The summed E-state index contributed by atoms with van der Waals surface area (Å²) < 4.78 is 6.89. The number of hydrogen-bond donors (Lipinski definition) is 1. The maximum absolute atomic E-state index is 9.13. The molecule has 0 radical (unpaired) electrons. The highest BCUT2D eigenvalue weighted by Crippen LogP contribution is 2.36. The second-order valence-corrected chi connectivity index (χ2v) is 13.1. The predicted molar refractivity (Wildman–Crippen MR) is 127 cm³/mol. The van der Waals surface area contributed by atoms with Crippen LogP contribution in [-0.2, 0) is 4.43 Å². The van der Waals surface area contributed by atoms with Crippen molar-refractivity contribution in [2.75, 3.05) is 13.2 Å². The summed E-state index contributed by atoms with van der Waals surface area (Å²) in [5, 5.41) is 11.7. The molecule has 2 aromatic rings. The predicted octanol–water partition coefficient (Wildman–Crippen LogP) is 5.23. The molecular weight excluding hydrogens is 372 g/mol. The van der Waals surface area contributed by atoms with Gasteiger partial charge in [0.15, 0.2) is 0 Å². The van der Waals surface area contributed by atoms with E-state index in [0.29, 0.717) is 6.61 Å². The molecule has 0 atom stereocenters. The van der Waals surface area contributed by atoms with Crippen LogP contribution in [0.25, 0.3) is 0 Å². The van der Waals surface area contributed by atoms with Gasteiger partial charge in [0.05, 0.1) is 13.2 Å². The lowest BCUT2D eigenvalue weighted by molar-refractivity contribution is 0.331. The van der Waals surface area contributed by atoms with E-state index < -0.39 is 8.32 Å². The zero-order valence-corrected chi connectivity index (χ0v) is 19.6. The van der Waals surface area contributed by atoms with Crippen molar-refractivity contribution in [1.29, 1.82) is 0 Å². The average Bonchev–Trinajstić information content (AvgIpc) is 2.71. The fourth-order valence-electron chi connectivity index (χ4n) is 3.78. The summed E-state index contributed by atoms with van der Waals surface area (Å²) in [7, 11) is -2.46. The Kier molecular flexibility index (Phi) is 8.63. The lowest BCUT2D eigenvalue weighted by Crippen LogP contribution is -2.66. The van der Waals surface area contributed by atoms with Crippen molar-refractivity contribution in [2.24, 2.45) is 0 Å². The van der Waals surface area contributed by atoms with Crippen molar-refractivity contribution in [2.45, 2.75) is 52.5 Å². The summed E-state index contributed by atoms with van der Waals surface area (Å²) in [6.45, 7) is 11.8. The summed E-state index contributed by atoms with van der Waals surface area (Å²) in [6.07, 6.45) is 6.28. The summed E-state index contributed by atoms with van der Waals surface area (Å²) in [6, 6.07) is 21.5. The maximum atomic E-state index is 9.13. The summed E-state index contributed by atoms with van der Waals surface area (Å²) in [5.74, 6) is 0. The first kappa shape index (κ1) is 23.3. The Morgan fingerprint density at radius 1 is 0.862 bits per heavy atom. The van der Waals surface area contributed by atoms with Crippen LogP contribution in [0.15, 0.2) is 84.0 Å². The minimum Gasteiger partial charge on any atom is -0.404 e. The first-order valence-electron chi connectivity index (χ1n) is 10.5.